The number of amides is 1. The third kappa shape index (κ3) is 13.2. The highest BCUT2D eigenvalue weighted by Crippen LogP contribution is 2.10. The van der Waals surface area contributed by atoms with Gasteiger partial charge >= 0.3 is 6.09 Å². The first-order chi connectivity index (χ1) is 8.16. The molecule has 0 aromatic carbocycles. The van der Waals surface area contributed by atoms with Crippen LogP contribution in [0.2, 0.25) is 0 Å². The van der Waals surface area contributed by atoms with Crippen molar-refractivity contribution in [1.82, 2.24) is 5.32 Å². The molecule has 102 valence electrons. The van der Waals surface area contributed by atoms with Gasteiger partial charge in [-0.1, -0.05) is 58.3 Å². The molecule has 0 heterocycles. The van der Waals surface area contributed by atoms with Crippen molar-refractivity contribution in [2.45, 2.75) is 70.8 Å². The molecule has 0 fully saturated rings. The van der Waals surface area contributed by atoms with E-state index >= 15 is 0 Å². The van der Waals surface area contributed by atoms with E-state index < -0.39 is 12.2 Å². The van der Waals surface area contributed by atoms with Crippen molar-refractivity contribution >= 4 is 6.09 Å². The molecule has 3 N–H and O–H groups in total. The zero-order valence-corrected chi connectivity index (χ0v) is 11.0. The predicted octanol–water partition coefficient (Wildman–Crippen LogP) is 3.15. The van der Waals surface area contributed by atoms with Crippen LogP contribution in [-0.4, -0.2) is 29.0 Å². The fourth-order valence-corrected chi connectivity index (χ4v) is 1.82. The zero-order chi connectivity index (χ0) is 12.9. The molecule has 0 saturated carbocycles. The number of aliphatic hydroxyl groups is 1. The van der Waals surface area contributed by atoms with Crippen molar-refractivity contribution in [3.63, 3.8) is 0 Å². The molecule has 0 aliphatic carbocycles. The number of nitrogens with one attached hydrogen (secondary N) is 1. The van der Waals surface area contributed by atoms with Crippen molar-refractivity contribution < 1.29 is 15.0 Å². The van der Waals surface area contributed by atoms with Gasteiger partial charge in [0.15, 0.2) is 0 Å². The first-order valence-electron chi connectivity index (χ1n) is 6.81. The Bertz CT molecular complexity index is 186. The summed E-state index contributed by atoms with van der Waals surface area (Å²) in [5.41, 5.74) is 0. The smallest absolute Gasteiger partial charge is 0.404 e. The Morgan fingerprint density at radius 2 is 1.59 bits per heavy atom. The quantitative estimate of drug-likeness (QED) is 0.490. The number of hydrogen-bond acceptors (Lipinski definition) is 2. The summed E-state index contributed by atoms with van der Waals surface area (Å²) in [6, 6.07) is 0. The van der Waals surface area contributed by atoms with E-state index in [1.807, 2.05) is 0 Å². The Hall–Kier alpha value is -0.770. The van der Waals surface area contributed by atoms with Crippen molar-refractivity contribution in [3.8, 4) is 0 Å². The second-order valence-electron chi connectivity index (χ2n) is 4.60. The Labute approximate surface area is 104 Å². The number of carboxylic acid groups (broad SMARTS) is 1. The van der Waals surface area contributed by atoms with Crippen LogP contribution in [0.25, 0.3) is 0 Å². The van der Waals surface area contributed by atoms with E-state index in [0.717, 1.165) is 12.8 Å². The summed E-state index contributed by atoms with van der Waals surface area (Å²) in [4.78, 5) is 10.2. The second-order valence-corrected chi connectivity index (χ2v) is 4.60. The third-order valence-corrected chi connectivity index (χ3v) is 2.88. The summed E-state index contributed by atoms with van der Waals surface area (Å²) >= 11 is 0. The molecule has 0 aliphatic heterocycles. The molecule has 1 unspecified atom stereocenters. The molecular formula is C13H27NO3. The Balaban J connectivity index is 3.13. The molecule has 0 radical (unpaired) electrons. The molecule has 0 saturated heterocycles. The number of rotatable bonds is 11. The minimum atomic E-state index is -1.07. The predicted molar refractivity (Wildman–Crippen MR) is 69.3 cm³/mol. The van der Waals surface area contributed by atoms with Gasteiger partial charge in [-0.05, 0) is 6.42 Å². The fourth-order valence-electron chi connectivity index (χ4n) is 1.82. The number of hydrogen-bond donors (Lipinski definition) is 3. The highest BCUT2D eigenvalue weighted by molar-refractivity contribution is 5.64. The average Bonchev–Trinajstić information content (AvgIpc) is 2.30. The van der Waals surface area contributed by atoms with Gasteiger partial charge in [0.1, 0.15) is 0 Å². The van der Waals surface area contributed by atoms with E-state index in [1.165, 1.54) is 38.5 Å². The first kappa shape index (κ1) is 16.2. The number of carbonyl (C=O) groups is 1. The molecule has 1 atom stereocenters. The summed E-state index contributed by atoms with van der Waals surface area (Å²) in [5, 5.41) is 20.0. The van der Waals surface area contributed by atoms with Crippen molar-refractivity contribution in [1.29, 1.82) is 0 Å². The van der Waals surface area contributed by atoms with Gasteiger partial charge in [0, 0.05) is 6.54 Å². The SMILES string of the molecule is CCCCCCCCCCC(O)CNC(=O)O. The van der Waals surface area contributed by atoms with Gasteiger partial charge in [-0.25, -0.2) is 4.79 Å². The summed E-state index contributed by atoms with van der Waals surface area (Å²) in [6.07, 6.45) is 8.97. The summed E-state index contributed by atoms with van der Waals surface area (Å²) in [5.74, 6) is 0. The lowest BCUT2D eigenvalue weighted by atomic mass is 10.1. The van der Waals surface area contributed by atoms with Crippen LogP contribution in [0.5, 0.6) is 0 Å². The van der Waals surface area contributed by atoms with Gasteiger partial charge in [-0.2, -0.15) is 0 Å². The highest BCUT2D eigenvalue weighted by Gasteiger charge is 2.04. The van der Waals surface area contributed by atoms with Gasteiger partial charge in [0.25, 0.3) is 0 Å². The van der Waals surface area contributed by atoms with E-state index in [4.69, 9.17) is 5.11 Å². The molecule has 4 nitrogen and oxygen atoms in total. The standard InChI is InChI=1S/C13H27NO3/c1-2-3-4-5-6-7-8-9-10-12(15)11-14-13(16)17/h12,14-15H,2-11H2,1H3,(H,16,17). The third-order valence-electron chi connectivity index (χ3n) is 2.88. The number of aliphatic hydroxyl groups excluding tert-OH is 1. The molecule has 0 rings (SSSR count). The summed E-state index contributed by atoms with van der Waals surface area (Å²) in [7, 11) is 0. The Morgan fingerprint density at radius 1 is 1.06 bits per heavy atom. The fraction of sp³-hybridized carbons (Fsp3) is 0.923. The van der Waals surface area contributed by atoms with Crippen molar-refractivity contribution in [2.75, 3.05) is 6.54 Å². The van der Waals surface area contributed by atoms with Crippen LogP contribution in [0.15, 0.2) is 0 Å². The Kier molecular flexibility index (Phi) is 11.2. The molecule has 1 amide bonds. The van der Waals surface area contributed by atoms with Gasteiger partial charge in [0.05, 0.1) is 6.10 Å². The van der Waals surface area contributed by atoms with Crippen LogP contribution in [0.3, 0.4) is 0 Å². The topological polar surface area (TPSA) is 69.6 Å². The number of unbranched alkanes of at least 4 members (excludes halogenated alkanes) is 7. The van der Waals surface area contributed by atoms with Crippen LogP contribution in [-0.2, 0) is 0 Å². The molecule has 0 aromatic heterocycles. The summed E-state index contributed by atoms with van der Waals surface area (Å²) < 4.78 is 0. The van der Waals surface area contributed by atoms with E-state index in [1.54, 1.807) is 0 Å². The van der Waals surface area contributed by atoms with Gasteiger partial charge in [-0.15, -0.1) is 0 Å². The van der Waals surface area contributed by atoms with Crippen LogP contribution in [0.1, 0.15) is 64.7 Å². The minimum absolute atomic E-state index is 0.145. The molecule has 0 aromatic rings. The van der Waals surface area contributed by atoms with Crippen LogP contribution >= 0.6 is 0 Å². The van der Waals surface area contributed by atoms with E-state index in [9.17, 15) is 9.90 Å². The zero-order valence-electron chi connectivity index (χ0n) is 11.0. The molecule has 4 heteroatoms. The summed E-state index contributed by atoms with van der Waals surface area (Å²) in [6.45, 7) is 2.36. The van der Waals surface area contributed by atoms with Gasteiger partial charge in [0.2, 0.25) is 0 Å². The average molecular weight is 245 g/mol. The van der Waals surface area contributed by atoms with Gasteiger partial charge < -0.3 is 15.5 Å². The lowest BCUT2D eigenvalue weighted by Gasteiger charge is -2.09. The first-order valence-corrected chi connectivity index (χ1v) is 6.81. The maximum absolute atomic E-state index is 10.2. The van der Waals surface area contributed by atoms with Crippen LogP contribution in [0.4, 0.5) is 4.79 Å². The van der Waals surface area contributed by atoms with Crippen LogP contribution < -0.4 is 5.32 Å². The second kappa shape index (κ2) is 11.7. The minimum Gasteiger partial charge on any atom is -0.465 e. The maximum atomic E-state index is 10.2. The normalized spacial score (nSPS) is 12.4. The molecule has 0 aliphatic rings. The lowest BCUT2D eigenvalue weighted by Crippen LogP contribution is -2.30. The van der Waals surface area contributed by atoms with Gasteiger partial charge in [-0.3, -0.25) is 0 Å². The largest absolute Gasteiger partial charge is 0.465 e. The molecular weight excluding hydrogens is 218 g/mol. The van der Waals surface area contributed by atoms with Crippen LogP contribution in [0, 0.1) is 0 Å². The molecule has 0 spiro atoms. The lowest BCUT2D eigenvalue weighted by molar-refractivity contribution is 0.147. The highest BCUT2D eigenvalue weighted by atomic mass is 16.4. The molecule has 17 heavy (non-hydrogen) atoms. The maximum Gasteiger partial charge on any atom is 0.404 e. The van der Waals surface area contributed by atoms with E-state index in [2.05, 4.69) is 12.2 Å². The molecule has 0 bridgehead atoms. The van der Waals surface area contributed by atoms with Crippen molar-refractivity contribution in [3.05, 3.63) is 0 Å². The van der Waals surface area contributed by atoms with E-state index in [0.29, 0.717) is 6.42 Å². The van der Waals surface area contributed by atoms with E-state index in [-0.39, 0.29) is 6.54 Å². The van der Waals surface area contributed by atoms with Crippen molar-refractivity contribution in [2.24, 2.45) is 0 Å². The Morgan fingerprint density at radius 3 is 2.12 bits per heavy atom. The monoisotopic (exact) mass is 245 g/mol.